The van der Waals surface area contributed by atoms with Crippen molar-refractivity contribution < 1.29 is 4.79 Å². The minimum absolute atomic E-state index is 0.310. The Balaban J connectivity index is 2.18. The van der Waals surface area contributed by atoms with Crippen molar-refractivity contribution in [3.63, 3.8) is 0 Å². The van der Waals surface area contributed by atoms with Gasteiger partial charge >= 0.3 is 0 Å². The van der Waals surface area contributed by atoms with E-state index in [1.54, 1.807) is 0 Å². The average molecular weight is 190 g/mol. The Morgan fingerprint density at radius 2 is 2.64 bits per heavy atom. The standard InChI is InChI=1S/C7H8ClNOS/c8-7(10)5-2-4-11-6-1-3-9(5)6/h2,6H,1,3-4H2. The van der Waals surface area contributed by atoms with Gasteiger partial charge in [0, 0.05) is 12.3 Å². The molecule has 2 aliphatic rings. The minimum Gasteiger partial charge on any atom is -0.356 e. The number of allylic oxidation sites excluding steroid dienone is 1. The summed E-state index contributed by atoms with van der Waals surface area (Å²) in [5.74, 6) is 0.926. The van der Waals surface area contributed by atoms with E-state index in [4.69, 9.17) is 11.6 Å². The molecular formula is C7H8ClNOS. The second kappa shape index (κ2) is 2.72. The first-order valence-electron chi connectivity index (χ1n) is 3.57. The minimum atomic E-state index is -0.310. The molecule has 1 saturated heterocycles. The van der Waals surface area contributed by atoms with Crippen molar-refractivity contribution in [3.05, 3.63) is 11.8 Å². The highest BCUT2D eigenvalue weighted by atomic mass is 35.5. The van der Waals surface area contributed by atoms with Gasteiger partial charge in [-0.15, -0.1) is 11.8 Å². The summed E-state index contributed by atoms with van der Waals surface area (Å²) in [5, 5.41) is 0.215. The van der Waals surface area contributed by atoms with E-state index in [0.717, 1.165) is 12.3 Å². The van der Waals surface area contributed by atoms with Gasteiger partial charge in [-0.2, -0.15) is 0 Å². The van der Waals surface area contributed by atoms with Gasteiger partial charge in [0.1, 0.15) is 0 Å². The summed E-state index contributed by atoms with van der Waals surface area (Å²) < 4.78 is 0. The molecule has 1 fully saturated rings. The lowest BCUT2D eigenvalue weighted by atomic mass is 10.2. The van der Waals surface area contributed by atoms with Gasteiger partial charge in [0.05, 0.1) is 11.1 Å². The second-order valence-electron chi connectivity index (χ2n) is 2.63. The van der Waals surface area contributed by atoms with Crippen molar-refractivity contribution in [1.29, 1.82) is 0 Å². The lowest BCUT2D eigenvalue weighted by Gasteiger charge is -2.44. The number of nitrogens with zero attached hydrogens (tertiary/aromatic N) is 1. The molecule has 0 aromatic heterocycles. The zero-order valence-electron chi connectivity index (χ0n) is 5.92. The first kappa shape index (κ1) is 7.50. The topological polar surface area (TPSA) is 20.3 Å². The number of thioether (sulfide) groups is 1. The second-order valence-corrected chi connectivity index (χ2v) is 4.19. The van der Waals surface area contributed by atoms with Crippen LogP contribution in [-0.4, -0.2) is 27.8 Å². The van der Waals surface area contributed by atoms with E-state index >= 15 is 0 Å². The van der Waals surface area contributed by atoms with E-state index in [0.29, 0.717) is 11.1 Å². The van der Waals surface area contributed by atoms with Crippen LogP contribution in [0.4, 0.5) is 0 Å². The molecule has 0 N–H and O–H groups in total. The molecule has 2 heterocycles. The van der Waals surface area contributed by atoms with E-state index < -0.39 is 0 Å². The van der Waals surface area contributed by atoms with Crippen molar-refractivity contribution in [2.45, 2.75) is 11.8 Å². The fourth-order valence-electron chi connectivity index (χ4n) is 1.36. The smallest absolute Gasteiger partial charge is 0.268 e. The number of rotatable bonds is 1. The van der Waals surface area contributed by atoms with E-state index in [1.165, 1.54) is 6.42 Å². The lowest BCUT2D eigenvalue weighted by molar-refractivity contribution is -0.110. The number of fused-ring (bicyclic) bond motifs is 1. The fourth-order valence-corrected chi connectivity index (χ4v) is 2.69. The Bertz CT molecular complexity index is 228. The van der Waals surface area contributed by atoms with Crippen LogP contribution < -0.4 is 0 Å². The maximum absolute atomic E-state index is 10.8. The molecule has 0 spiro atoms. The lowest BCUT2D eigenvalue weighted by Crippen LogP contribution is -2.47. The summed E-state index contributed by atoms with van der Waals surface area (Å²) in [7, 11) is 0. The Labute approximate surface area is 74.6 Å². The number of carbonyl (C=O) groups excluding carboxylic acids is 1. The Hall–Kier alpha value is -0.150. The molecule has 0 aromatic rings. The molecule has 1 unspecified atom stereocenters. The van der Waals surface area contributed by atoms with Gasteiger partial charge < -0.3 is 4.90 Å². The Morgan fingerprint density at radius 3 is 3.09 bits per heavy atom. The third-order valence-electron chi connectivity index (χ3n) is 2.04. The number of hydrogen-bond donors (Lipinski definition) is 0. The normalized spacial score (nSPS) is 28.6. The van der Waals surface area contributed by atoms with Crippen molar-refractivity contribution in [2.24, 2.45) is 0 Å². The van der Waals surface area contributed by atoms with E-state index in [1.807, 2.05) is 17.8 Å². The monoisotopic (exact) mass is 189 g/mol. The first-order chi connectivity index (χ1) is 5.29. The van der Waals surface area contributed by atoms with Crippen molar-refractivity contribution in [1.82, 2.24) is 4.90 Å². The molecule has 4 heteroatoms. The highest BCUT2D eigenvalue weighted by Gasteiger charge is 2.34. The number of hydrogen-bond acceptors (Lipinski definition) is 3. The van der Waals surface area contributed by atoms with Gasteiger partial charge in [-0.3, -0.25) is 4.79 Å². The van der Waals surface area contributed by atoms with Crippen LogP contribution >= 0.6 is 23.4 Å². The summed E-state index contributed by atoms with van der Waals surface area (Å²) in [6, 6.07) is 0. The maximum Gasteiger partial charge on any atom is 0.268 e. The van der Waals surface area contributed by atoms with Crippen molar-refractivity contribution in [3.8, 4) is 0 Å². The average Bonchev–Trinajstić information content (AvgIpc) is 1.90. The van der Waals surface area contributed by atoms with Crippen LogP contribution in [0.25, 0.3) is 0 Å². The van der Waals surface area contributed by atoms with Crippen LogP contribution in [0.2, 0.25) is 0 Å². The summed E-state index contributed by atoms with van der Waals surface area (Å²) in [6.45, 7) is 0.988. The highest BCUT2D eigenvalue weighted by molar-refractivity contribution is 8.00. The molecule has 0 radical (unpaired) electrons. The molecule has 1 atom stereocenters. The van der Waals surface area contributed by atoms with E-state index in [2.05, 4.69) is 4.90 Å². The molecule has 0 saturated carbocycles. The molecule has 0 aromatic carbocycles. The molecule has 2 nitrogen and oxygen atoms in total. The van der Waals surface area contributed by atoms with Gasteiger partial charge in [0.25, 0.3) is 5.24 Å². The van der Waals surface area contributed by atoms with Gasteiger partial charge in [0.2, 0.25) is 0 Å². The number of halogens is 1. The van der Waals surface area contributed by atoms with Crippen LogP contribution in [0, 0.1) is 0 Å². The molecule has 2 aliphatic heterocycles. The zero-order chi connectivity index (χ0) is 7.84. The van der Waals surface area contributed by atoms with Crippen LogP contribution in [0.5, 0.6) is 0 Å². The first-order valence-corrected chi connectivity index (χ1v) is 5.00. The number of carbonyl (C=O) groups is 1. The van der Waals surface area contributed by atoms with Gasteiger partial charge in [-0.25, -0.2) is 0 Å². The van der Waals surface area contributed by atoms with Gasteiger partial charge in [0.15, 0.2) is 0 Å². The molecule has 2 rings (SSSR count). The summed E-state index contributed by atoms with van der Waals surface area (Å²) in [6.07, 6.45) is 3.10. The zero-order valence-corrected chi connectivity index (χ0v) is 7.49. The van der Waals surface area contributed by atoms with Crippen LogP contribution in [0.3, 0.4) is 0 Å². The summed E-state index contributed by atoms with van der Waals surface area (Å²) >= 11 is 7.27. The third-order valence-corrected chi connectivity index (χ3v) is 3.47. The van der Waals surface area contributed by atoms with Crippen LogP contribution in [-0.2, 0) is 4.79 Å². The van der Waals surface area contributed by atoms with Crippen LogP contribution in [0.15, 0.2) is 11.8 Å². The molecule has 0 aliphatic carbocycles. The van der Waals surface area contributed by atoms with E-state index in [-0.39, 0.29) is 5.24 Å². The largest absolute Gasteiger partial charge is 0.356 e. The van der Waals surface area contributed by atoms with Crippen molar-refractivity contribution >= 4 is 28.6 Å². The van der Waals surface area contributed by atoms with Gasteiger partial charge in [-0.05, 0) is 24.1 Å². The maximum atomic E-state index is 10.8. The molecule has 0 bridgehead atoms. The summed E-state index contributed by atoms with van der Waals surface area (Å²) in [5.41, 5.74) is 0.710. The molecular weight excluding hydrogens is 182 g/mol. The van der Waals surface area contributed by atoms with Crippen molar-refractivity contribution in [2.75, 3.05) is 12.3 Å². The Morgan fingerprint density at radius 1 is 1.82 bits per heavy atom. The molecule has 11 heavy (non-hydrogen) atoms. The van der Waals surface area contributed by atoms with Gasteiger partial charge in [-0.1, -0.05) is 0 Å². The summed E-state index contributed by atoms with van der Waals surface area (Å²) in [4.78, 5) is 12.9. The molecule has 0 amide bonds. The predicted molar refractivity (Wildman–Crippen MR) is 46.5 cm³/mol. The highest BCUT2D eigenvalue weighted by Crippen LogP contribution is 2.36. The predicted octanol–water partition coefficient (Wildman–Crippen LogP) is 1.41. The van der Waals surface area contributed by atoms with Crippen LogP contribution in [0.1, 0.15) is 6.42 Å². The SMILES string of the molecule is O=C(Cl)C1=CCSC2CCN12. The fraction of sp³-hybridized carbons (Fsp3) is 0.571. The molecule has 60 valence electrons. The quantitative estimate of drug-likeness (QED) is 0.582. The van der Waals surface area contributed by atoms with E-state index in [9.17, 15) is 4.79 Å². The Kier molecular flexibility index (Phi) is 1.85. The third kappa shape index (κ3) is 1.16.